The summed E-state index contributed by atoms with van der Waals surface area (Å²) in [6.45, 7) is 0.495. The third-order valence-electron chi connectivity index (χ3n) is 2.18. The summed E-state index contributed by atoms with van der Waals surface area (Å²) in [6.07, 6.45) is 0. The summed E-state index contributed by atoms with van der Waals surface area (Å²) >= 11 is 1.95. The number of furan rings is 1. The fourth-order valence-corrected chi connectivity index (χ4v) is 2.41. The molecule has 7 heteroatoms. The number of benzene rings is 1. The van der Waals surface area contributed by atoms with Crippen LogP contribution >= 0.6 is 34.4 Å². The van der Waals surface area contributed by atoms with Gasteiger partial charge in [0.25, 0.3) is 0 Å². The van der Waals surface area contributed by atoms with Gasteiger partial charge in [0, 0.05) is 10.6 Å². The summed E-state index contributed by atoms with van der Waals surface area (Å²) in [4.78, 5) is 0.172. The van der Waals surface area contributed by atoms with Gasteiger partial charge in [-0.1, -0.05) is 0 Å². The van der Waals surface area contributed by atoms with Gasteiger partial charge in [-0.2, -0.15) is 13.2 Å². The molecule has 0 saturated heterocycles. The van der Waals surface area contributed by atoms with Gasteiger partial charge in [0.2, 0.25) is 0 Å². The van der Waals surface area contributed by atoms with Crippen LogP contribution in [-0.2, 0) is 6.54 Å². The van der Waals surface area contributed by atoms with Crippen molar-refractivity contribution >= 4 is 40.0 Å². The Hall–Kier alpha value is -0.830. The van der Waals surface area contributed by atoms with Crippen molar-refractivity contribution in [3.8, 4) is 0 Å². The van der Waals surface area contributed by atoms with E-state index in [1.807, 2.05) is 12.1 Å². The van der Waals surface area contributed by atoms with Crippen LogP contribution in [0.3, 0.4) is 0 Å². The Morgan fingerprint density at radius 1 is 1.11 bits per heavy atom. The Kier molecular flexibility index (Phi) is 4.67. The van der Waals surface area contributed by atoms with Crippen LogP contribution in [0.25, 0.3) is 0 Å². The number of thioether (sulfide) groups is 1. The van der Waals surface area contributed by atoms with Crippen molar-refractivity contribution in [1.82, 2.24) is 0 Å². The molecule has 0 atom stereocenters. The third kappa shape index (κ3) is 4.98. The Morgan fingerprint density at radius 3 is 2.32 bits per heavy atom. The molecular formula is C12H9F3INOS. The minimum absolute atomic E-state index is 0.120. The molecule has 1 heterocycles. The van der Waals surface area contributed by atoms with E-state index in [2.05, 4.69) is 27.9 Å². The fourth-order valence-electron chi connectivity index (χ4n) is 1.41. The summed E-state index contributed by atoms with van der Waals surface area (Å²) < 4.78 is 42.6. The zero-order chi connectivity index (χ0) is 13.9. The van der Waals surface area contributed by atoms with E-state index in [9.17, 15) is 13.2 Å². The van der Waals surface area contributed by atoms with Crippen molar-refractivity contribution in [1.29, 1.82) is 0 Å². The summed E-state index contributed by atoms with van der Waals surface area (Å²) in [5.41, 5.74) is -3.50. The highest BCUT2D eigenvalue weighted by Gasteiger charge is 2.28. The SMILES string of the molecule is FC(F)(F)Sc1ccc(NCc2ccc(I)o2)cc1. The zero-order valence-corrected chi connectivity index (χ0v) is 12.5. The zero-order valence-electron chi connectivity index (χ0n) is 9.50. The topological polar surface area (TPSA) is 25.2 Å². The molecule has 102 valence electrons. The highest BCUT2D eigenvalue weighted by atomic mass is 127. The Morgan fingerprint density at radius 2 is 1.79 bits per heavy atom. The van der Waals surface area contributed by atoms with E-state index in [0.717, 1.165) is 15.2 Å². The van der Waals surface area contributed by atoms with Crippen LogP contribution in [0.2, 0.25) is 0 Å². The van der Waals surface area contributed by atoms with Crippen LogP contribution in [-0.4, -0.2) is 5.51 Å². The van der Waals surface area contributed by atoms with Crippen molar-refractivity contribution in [3.05, 3.63) is 45.9 Å². The van der Waals surface area contributed by atoms with Gasteiger partial charge in [0.05, 0.1) is 6.54 Å². The molecule has 0 saturated carbocycles. The molecule has 0 spiro atoms. The minimum atomic E-state index is -4.25. The maximum Gasteiger partial charge on any atom is 0.446 e. The second-order valence-corrected chi connectivity index (χ2v) is 5.83. The Labute approximate surface area is 125 Å². The van der Waals surface area contributed by atoms with Gasteiger partial charge in [-0.3, -0.25) is 0 Å². The standard InChI is InChI=1S/C12H9F3INOS/c13-12(14,15)19-10-4-1-8(2-5-10)17-7-9-3-6-11(16)18-9/h1-6,17H,7H2. The van der Waals surface area contributed by atoms with Gasteiger partial charge >= 0.3 is 5.51 Å². The van der Waals surface area contributed by atoms with Crippen LogP contribution in [0.5, 0.6) is 0 Å². The van der Waals surface area contributed by atoms with E-state index < -0.39 is 5.51 Å². The highest BCUT2D eigenvalue weighted by molar-refractivity contribution is 14.1. The summed E-state index contributed by atoms with van der Waals surface area (Å²) in [6, 6.07) is 9.80. The Balaban J connectivity index is 1.91. The average molecular weight is 399 g/mol. The minimum Gasteiger partial charge on any atom is -0.454 e. The number of hydrogen-bond donors (Lipinski definition) is 1. The quantitative estimate of drug-likeness (QED) is 0.572. The molecule has 2 nitrogen and oxygen atoms in total. The molecule has 1 aromatic heterocycles. The second kappa shape index (κ2) is 6.08. The van der Waals surface area contributed by atoms with Crippen molar-refractivity contribution in [2.45, 2.75) is 16.9 Å². The van der Waals surface area contributed by atoms with E-state index >= 15 is 0 Å². The fraction of sp³-hybridized carbons (Fsp3) is 0.167. The van der Waals surface area contributed by atoms with E-state index in [0.29, 0.717) is 6.54 Å². The number of halogens is 4. The normalized spacial score (nSPS) is 11.6. The van der Waals surface area contributed by atoms with Crippen molar-refractivity contribution < 1.29 is 17.6 Å². The van der Waals surface area contributed by atoms with Gasteiger partial charge in [0.15, 0.2) is 3.77 Å². The first-order valence-electron chi connectivity index (χ1n) is 5.26. The predicted molar refractivity (Wildman–Crippen MR) is 77.1 cm³/mol. The van der Waals surface area contributed by atoms with Crippen LogP contribution in [0.1, 0.15) is 5.76 Å². The molecule has 0 bridgehead atoms. The summed E-state index contributed by atoms with van der Waals surface area (Å²) in [5, 5.41) is 3.08. The number of hydrogen-bond acceptors (Lipinski definition) is 3. The Bertz CT molecular complexity index is 539. The molecule has 0 amide bonds. The molecule has 0 fully saturated rings. The molecule has 1 aromatic carbocycles. The lowest BCUT2D eigenvalue weighted by molar-refractivity contribution is -0.0328. The van der Waals surface area contributed by atoms with Gasteiger partial charge in [-0.15, -0.1) is 0 Å². The van der Waals surface area contributed by atoms with Crippen molar-refractivity contribution in [2.24, 2.45) is 0 Å². The molecule has 1 N–H and O–H groups in total. The van der Waals surface area contributed by atoms with Gasteiger partial charge in [0.1, 0.15) is 5.76 Å². The molecular weight excluding hydrogens is 390 g/mol. The third-order valence-corrected chi connectivity index (χ3v) is 3.50. The molecule has 0 radical (unpaired) electrons. The molecule has 0 aliphatic heterocycles. The van der Waals surface area contributed by atoms with Gasteiger partial charge in [-0.05, 0) is 70.8 Å². The number of alkyl halides is 3. The van der Waals surface area contributed by atoms with Gasteiger partial charge < -0.3 is 9.73 Å². The molecule has 2 rings (SSSR count). The number of anilines is 1. The molecule has 19 heavy (non-hydrogen) atoms. The largest absolute Gasteiger partial charge is 0.454 e. The van der Waals surface area contributed by atoms with Crippen molar-refractivity contribution in [2.75, 3.05) is 5.32 Å². The number of nitrogens with one attached hydrogen (secondary N) is 1. The van der Waals surface area contributed by atoms with Crippen LogP contribution in [0.15, 0.2) is 45.7 Å². The van der Waals surface area contributed by atoms with Gasteiger partial charge in [-0.25, -0.2) is 0 Å². The van der Waals surface area contributed by atoms with E-state index in [1.165, 1.54) is 12.1 Å². The molecule has 2 aromatic rings. The monoisotopic (exact) mass is 399 g/mol. The maximum atomic E-state index is 12.1. The smallest absolute Gasteiger partial charge is 0.446 e. The van der Waals surface area contributed by atoms with E-state index in [1.54, 1.807) is 12.1 Å². The molecule has 0 aliphatic carbocycles. The second-order valence-electron chi connectivity index (χ2n) is 3.63. The van der Waals surface area contributed by atoms with Crippen molar-refractivity contribution in [3.63, 3.8) is 0 Å². The lowest BCUT2D eigenvalue weighted by atomic mass is 10.3. The molecule has 0 aliphatic rings. The first-order chi connectivity index (χ1) is 8.92. The average Bonchev–Trinajstić information content (AvgIpc) is 2.72. The van der Waals surface area contributed by atoms with Crippen LogP contribution in [0.4, 0.5) is 18.9 Å². The summed E-state index contributed by atoms with van der Waals surface area (Å²) in [7, 11) is 0. The van der Waals surface area contributed by atoms with Crippen LogP contribution < -0.4 is 5.32 Å². The number of rotatable bonds is 4. The summed E-state index contributed by atoms with van der Waals surface area (Å²) in [5.74, 6) is 0.776. The predicted octanol–water partition coefficient (Wildman–Crippen LogP) is 5.11. The lowest BCUT2D eigenvalue weighted by Crippen LogP contribution is -2.00. The lowest BCUT2D eigenvalue weighted by Gasteiger charge is -2.07. The van der Waals surface area contributed by atoms with Crippen LogP contribution in [0, 0.1) is 3.77 Å². The first kappa shape index (κ1) is 14.6. The first-order valence-corrected chi connectivity index (χ1v) is 7.16. The van der Waals surface area contributed by atoms with E-state index in [4.69, 9.17) is 4.42 Å². The molecule has 0 unspecified atom stereocenters. The maximum absolute atomic E-state index is 12.1. The highest BCUT2D eigenvalue weighted by Crippen LogP contribution is 2.37. The van der Waals surface area contributed by atoms with E-state index in [-0.39, 0.29) is 16.7 Å².